The van der Waals surface area contributed by atoms with Crippen LogP contribution in [0.4, 0.5) is 0 Å². The molecule has 1 N–H and O–H groups in total. The first-order valence-corrected chi connectivity index (χ1v) is 7.11. The van der Waals surface area contributed by atoms with Gasteiger partial charge >= 0.3 is 0 Å². The van der Waals surface area contributed by atoms with Gasteiger partial charge in [0.25, 0.3) is 0 Å². The van der Waals surface area contributed by atoms with Gasteiger partial charge in [-0.2, -0.15) is 0 Å². The molecule has 21 heavy (non-hydrogen) atoms. The van der Waals surface area contributed by atoms with E-state index in [1.54, 1.807) is 6.92 Å². The molecule has 1 fully saturated rings. The molecule has 7 heteroatoms. The Kier molecular flexibility index (Phi) is 5.87. The van der Waals surface area contributed by atoms with E-state index in [-0.39, 0.29) is 43.1 Å². The summed E-state index contributed by atoms with van der Waals surface area (Å²) in [6, 6.07) is -0.569. The van der Waals surface area contributed by atoms with Crippen LogP contribution in [-0.4, -0.2) is 65.5 Å². The molecule has 3 amide bonds. The second kappa shape index (κ2) is 7.19. The van der Waals surface area contributed by atoms with Gasteiger partial charge in [-0.3, -0.25) is 19.2 Å². The Balaban J connectivity index is 2.60. The quantitative estimate of drug-likeness (QED) is 0.710. The number of carbonyl (C=O) groups is 4. The Labute approximate surface area is 124 Å². The minimum Gasteiger partial charge on any atom is -0.345 e. The third-order valence-corrected chi connectivity index (χ3v) is 3.49. The number of amides is 3. The highest BCUT2D eigenvalue weighted by atomic mass is 16.2. The normalized spacial score (nSPS) is 17.2. The molecule has 1 atom stereocenters. The molecule has 1 aliphatic rings. The lowest BCUT2D eigenvalue weighted by Gasteiger charge is -2.33. The lowest BCUT2D eigenvalue weighted by molar-refractivity contribution is -0.151. The van der Waals surface area contributed by atoms with Crippen LogP contribution in [0.5, 0.6) is 0 Å². The molecule has 0 spiro atoms. The van der Waals surface area contributed by atoms with Crippen molar-refractivity contribution in [3.63, 3.8) is 0 Å². The average molecular weight is 297 g/mol. The average Bonchev–Trinajstić information content (AvgIpc) is 2.39. The summed E-state index contributed by atoms with van der Waals surface area (Å²) in [7, 11) is 0. The highest BCUT2D eigenvalue weighted by Gasteiger charge is 2.31. The van der Waals surface area contributed by atoms with Crippen molar-refractivity contribution in [2.75, 3.05) is 26.2 Å². The standard InChI is InChI=1S/C14H23N3O4/c1-5-16-7-13(21)17(8-12(16)20)6-11(19)15-14(9(2)3)10(4)18/h9,14H,5-8H2,1-4H3,(H,15,19). The minimum atomic E-state index is -0.569. The van der Waals surface area contributed by atoms with Crippen LogP contribution in [0, 0.1) is 5.92 Å². The number of rotatable bonds is 6. The molecule has 0 aromatic carbocycles. The molecule has 1 saturated heterocycles. The van der Waals surface area contributed by atoms with Gasteiger partial charge in [-0.1, -0.05) is 13.8 Å². The number of nitrogens with zero attached hydrogens (tertiary/aromatic N) is 2. The number of Topliss-reactive ketones (excluding diaryl/α,β-unsaturated/α-hetero) is 1. The van der Waals surface area contributed by atoms with Crippen LogP contribution < -0.4 is 5.32 Å². The van der Waals surface area contributed by atoms with Crippen LogP contribution in [0.1, 0.15) is 27.7 Å². The van der Waals surface area contributed by atoms with E-state index < -0.39 is 11.9 Å². The first-order chi connectivity index (χ1) is 9.76. The van der Waals surface area contributed by atoms with E-state index in [9.17, 15) is 19.2 Å². The van der Waals surface area contributed by atoms with Crippen LogP contribution in [0.15, 0.2) is 0 Å². The fourth-order valence-electron chi connectivity index (χ4n) is 2.27. The summed E-state index contributed by atoms with van der Waals surface area (Å²) >= 11 is 0. The second-order valence-electron chi connectivity index (χ2n) is 5.56. The third-order valence-electron chi connectivity index (χ3n) is 3.49. The maximum Gasteiger partial charge on any atom is 0.243 e. The Morgan fingerprint density at radius 2 is 1.67 bits per heavy atom. The number of hydrogen-bond acceptors (Lipinski definition) is 4. The van der Waals surface area contributed by atoms with Gasteiger partial charge in [0, 0.05) is 6.54 Å². The monoisotopic (exact) mass is 297 g/mol. The molecule has 0 aromatic heterocycles. The number of carbonyl (C=O) groups excluding carboxylic acids is 4. The number of ketones is 1. The maximum absolute atomic E-state index is 12.0. The molecule has 7 nitrogen and oxygen atoms in total. The molecule has 1 unspecified atom stereocenters. The summed E-state index contributed by atoms with van der Waals surface area (Å²) in [5.41, 5.74) is 0. The van der Waals surface area contributed by atoms with Crippen LogP contribution in [0.25, 0.3) is 0 Å². The van der Waals surface area contributed by atoms with Gasteiger partial charge in [-0.15, -0.1) is 0 Å². The number of piperazine rings is 1. The summed E-state index contributed by atoms with van der Waals surface area (Å²) in [4.78, 5) is 49.7. The van der Waals surface area contributed by atoms with Gasteiger partial charge < -0.3 is 15.1 Å². The summed E-state index contributed by atoms with van der Waals surface area (Å²) < 4.78 is 0. The number of likely N-dealkylation sites (N-methyl/N-ethyl adjacent to an activating group) is 1. The molecule has 0 radical (unpaired) electrons. The first kappa shape index (κ1) is 17.1. The first-order valence-electron chi connectivity index (χ1n) is 7.11. The zero-order valence-corrected chi connectivity index (χ0v) is 13.0. The van der Waals surface area contributed by atoms with Gasteiger partial charge in [0.1, 0.15) is 13.1 Å². The largest absolute Gasteiger partial charge is 0.345 e. The van der Waals surface area contributed by atoms with Crippen LogP contribution in [0.3, 0.4) is 0 Å². The van der Waals surface area contributed by atoms with E-state index >= 15 is 0 Å². The zero-order valence-electron chi connectivity index (χ0n) is 13.0. The number of hydrogen-bond donors (Lipinski definition) is 1. The molecule has 118 valence electrons. The number of nitrogens with one attached hydrogen (secondary N) is 1. The van der Waals surface area contributed by atoms with Gasteiger partial charge in [0.05, 0.1) is 12.6 Å². The van der Waals surface area contributed by atoms with Crippen LogP contribution in [0.2, 0.25) is 0 Å². The summed E-state index contributed by atoms with van der Waals surface area (Å²) in [6.45, 7) is 7.08. The molecular weight excluding hydrogens is 274 g/mol. The lowest BCUT2D eigenvalue weighted by Crippen LogP contribution is -2.56. The summed E-state index contributed by atoms with van der Waals surface area (Å²) in [6.07, 6.45) is 0. The van der Waals surface area contributed by atoms with E-state index in [1.165, 1.54) is 16.7 Å². The van der Waals surface area contributed by atoms with Crippen molar-refractivity contribution >= 4 is 23.5 Å². The molecular formula is C14H23N3O4. The Hall–Kier alpha value is -1.92. The van der Waals surface area contributed by atoms with Gasteiger partial charge in [0.2, 0.25) is 17.7 Å². The van der Waals surface area contributed by atoms with E-state index in [1.807, 2.05) is 13.8 Å². The van der Waals surface area contributed by atoms with Crippen molar-refractivity contribution in [1.29, 1.82) is 0 Å². The van der Waals surface area contributed by atoms with E-state index in [4.69, 9.17) is 0 Å². The van der Waals surface area contributed by atoms with Crippen LogP contribution in [-0.2, 0) is 19.2 Å². The molecule has 1 heterocycles. The van der Waals surface area contributed by atoms with Gasteiger partial charge in [-0.05, 0) is 19.8 Å². The fraction of sp³-hybridized carbons (Fsp3) is 0.714. The molecule has 0 aromatic rings. The van der Waals surface area contributed by atoms with Crippen molar-refractivity contribution in [1.82, 2.24) is 15.1 Å². The van der Waals surface area contributed by atoms with E-state index in [0.717, 1.165) is 0 Å². The predicted octanol–water partition coefficient (Wildman–Crippen LogP) is -0.593. The van der Waals surface area contributed by atoms with Crippen molar-refractivity contribution in [3.05, 3.63) is 0 Å². The Morgan fingerprint density at radius 3 is 2.14 bits per heavy atom. The minimum absolute atomic E-state index is 0.00291. The molecule has 1 aliphatic heterocycles. The lowest BCUT2D eigenvalue weighted by atomic mass is 10.0. The fourth-order valence-corrected chi connectivity index (χ4v) is 2.27. The van der Waals surface area contributed by atoms with Gasteiger partial charge in [0.15, 0.2) is 5.78 Å². The molecule has 0 saturated carbocycles. The second-order valence-corrected chi connectivity index (χ2v) is 5.56. The predicted molar refractivity (Wildman–Crippen MR) is 76.3 cm³/mol. The Morgan fingerprint density at radius 1 is 1.14 bits per heavy atom. The third kappa shape index (κ3) is 4.54. The topological polar surface area (TPSA) is 86.8 Å². The summed E-state index contributed by atoms with van der Waals surface area (Å²) in [5.74, 6) is -1.00. The van der Waals surface area contributed by atoms with Crippen LogP contribution >= 0.6 is 0 Å². The van der Waals surface area contributed by atoms with Crippen molar-refractivity contribution in [3.8, 4) is 0 Å². The Bertz CT molecular complexity index is 448. The van der Waals surface area contributed by atoms with Crippen molar-refractivity contribution in [2.24, 2.45) is 5.92 Å². The maximum atomic E-state index is 12.0. The van der Waals surface area contributed by atoms with Crippen molar-refractivity contribution in [2.45, 2.75) is 33.7 Å². The van der Waals surface area contributed by atoms with E-state index in [2.05, 4.69) is 5.32 Å². The highest BCUT2D eigenvalue weighted by Crippen LogP contribution is 2.06. The molecule has 0 aliphatic carbocycles. The molecule has 0 bridgehead atoms. The molecule has 1 rings (SSSR count). The smallest absolute Gasteiger partial charge is 0.243 e. The highest BCUT2D eigenvalue weighted by molar-refractivity contribution is 5.95. The summed E-state index contributed by atoms with van der Waals surface area (Å²) in [5, 5.41) is 2.62. The van der Waals surface area contributed by atoms with Crippen molar-refractivity contribution < 1.29 is 19.2 Å². The SMILES string of the molecule is CCN1CC(=O)N(CC(=O)NC(C(C)=O)C(C)C)CC1=O. The zero-order chi connectivity index (χ0) is 16.2. The van der Waals surface area contributed by atoms with E-state index in [0.29, 0.717) is 6.54 Å². The van der Waals surface area contributed by atoms with Gasteiger partial charge in [-0.25, -0.2) is 0 Å².